The van der Waals surface area contributed by atoms with Crippen LogP contribution < -0.4 is 9.21 Å². The van der Waals surface area contributed by atoms with Crippen LogP contribution in [0.25, 0.3) is 0 Å². The summed E-state index contributed by atoms with van der Waals surface area (Å²) in [6, 6.07) is 13.4. The fourth-order valence-corrected chi connectivity index (χ4v) is 6.78. The lowest BCUT2D eigenvalue weighted by atomic mass is 10.2. The minimum absolute atomic E-state index is 0.0320. The van der Waals surface area contributed by atoms with Crippen LogP contribution in [0.5, 0.6) is 0 Å². The lowest BCUT2D eigenvalue weighted by molar-refractivity contribution is -0.137. The summed E-state index contributed by atoms with van der Waals surface area (Å²) in [7, 11) is -5.48. The van der Waals surface area contributed by atoms with Gasteiger partial charge in [-0.25, -0.2) is 21.1 Å². The van der Waals surface area contributed by atoms with Crippen LogP contribution >= 0.6 is 11.6 Å². The first kappa shape index (κ1) is 28.9. The van der Waals surface area contributed by atoms with Crippen molar-refractivity contribution in [1.82, 2.24) is 4.31 Å². The minimum atomic E-state index is -4.79. The molecule has 3 aromatic rings. The first-order chi connectivity index (χ1) is 18.1. The number of alkyl halides is 3. The van der Waals surface area contributed by atoms with Gasteiger partial charge in [-0.05, 0) is 60.5 Å². The molecule has 0 saturated carbocycles. The average Bonchev–Trinajstić information content (AvgIpc) is 3.31. The topological polar surface area (TPSA) is 95.1 Å². The van der Waals surface area contributed by atoms with Crippen LogP contribution in [0.15, 0.2) is 76.5 Å². The van der Waals surface area contributed by atoms with E-state index in [-0.39, 0.29) is 21.4 Å². The summed E-state index contributed by atoms with van der Waals surface area (Å²) in [6.45, 7) is -0.732. The molecule has 4 rings (SSSR count). The van der Waals surface area contributed by atoms with Crippen LogP contribution in [0.4, 0.5) is 24.5 Å². The normalized spacial score (nSPS) is 14.0. The molecule has 14 heteroatoms. The van der Waals surface area contributed by atoms with Gasteiger partial charge in [0.15, 0.2) is 0 Å². The molecule has 0 spiro atoms. The van der Waals surface area contributed by atoms with Gasteiger partial charge in [-0.15, -0.1) is 0 Å². The number of fused-ring (bicyclic) bond motifs is 1. The van der Waals surface area contributed by atoms with E-state index < -0.39 is 49.9 Å². The van der Waals surface area contributed by atoms with Gasteiger partial charge in [0.05, 0.1) is 26.1 Å². The maximum Gasteiger partial charge on any atom is 0.416 e. The molecule has 3 aromatic carbocycles. The van der Waals surface area contributed by atoms with E-state index in [4.69, 9.17) is 11.6 Å². The van der Waals surface area contributed by atoms with Crippen LogP contribution in [0.2, 0.25) is 5.02 Å². The van der Waals surface area contributed by atoms with Crippen molar-refractivity contribution in [3.05, 3.63) is 82.9 Å². The van der Waals surface area contributed by atoms with Gasteiger partial charge in [0, 0.05) is 26.3 Å². The Balaban J connectivity index is 1.75. The van der Waals surface area contributed by atoms with Crippen molar-refractivity contribution in [1.29, 1.82) is 0 Å². The van der Waals surface area contributed by atoms with E-state index in [9.17, 15) is 34.8 Å². The third-order valence-corrected chi connectivity index (χ3v) is 10.1. The number of hydrogen-bond acceptors (Lipinski definition) is 5. The Morgan fingerprint density at radius 3 is 2.21 bits per heavy atom. The summed E-state index contributed by atoms with van der Waals surface area (Å²) in [5.74, 6) is -0.732. The number of rotatable bonds is 7. The largest absolute Gasteiger partial charge is 0.416 e. The second kappa shape index (κ2) is 10.5. The molecular weight excluding hydrogens is 579 g/mol. The second-order valence-corrected chi connectivity index (χ2v) is 13.3. The molecule has 39 heavy (non-hydrogen) atoms. The molecule has 0 atom stereocenters. The molecule has 1 heterocycles. The maximum atomic E-state index is 13.6. The molecule has 0 saturated heterocycles. The number of hydrogen-bond donors (Lipinski definition) is 0. The van der Waals surface area contributed by atoms with Crippen molar-refractivity contribution in [2.75, 3.05) is 36.4 Å². The van der Waals surface area contributed by atoms with Gasteiger partial charge in [-0.1, -0.05) is 29.8 Å². The SMILES string of the molecule is CN(C)S(=O)(=O)c1ccc2c(c1)CCN2C(=O)CN(c1cc(C(F)(F)F)ccc1Cl)S(=O)(=O)c1ccccc1. The Kier molecular flexibility index (Phi) is 7.74. The summed E-state index contributed by atoms with van der Waals surface area (Å²) in [6.07, 6.45) is -4.49. The number of carbonyl (C=O) groups excluding carboxylic acids is 1. The fourth-order valence-electron chi connectivity index (χ4n) is 4.12. The monoisotopic (exact) mass is 601 g/mol. The standard InChI is InChI=1S/C25H23ClF3N3O5S2/c1-30(2)38(34,35)20-9-11-22-17(14-20)12-13-31(22)24(33)16-32(39(36,37)19-6-4-3-5-7-19)23-15-18(25(27,28)29)8-10-21(23)26/h3-11,14-15H,12-13,16H2,1-2H3. The molecule has 0 bridgehead atoms. The van der Waals surface area contributed by atoms with Gasteiger partial charge in [-0.2, -0.15) is 13.2 Å². The second-order valence-electron chi connectivity index (χ2n) is 8.86. The van der Waals surface area contributed by atoms with E-state index in [1.807, 2.05) is 0 Å². The number of halogens is 4. The van der Waals surface area contributed by atoms with Crippen molar-refractivity contribution >= 4 is 48.9 Å². The maximum absolute atomic E-state index is 13.6. The molecule has 1 aliphatic heterocycles. The Labute approximate surface area is 229 Å². The molecule has 0 fully saturated rings. The number of benzene rings is 3. The van der Waals surface area contributed by atoms with Crippen LogP contribution in [0.3, 0.4) is 0 Å². The predicted molar refractivity (Wildman–Crippen MR) is 141 cm³/mol. The highest BCUT2D eigenvalue weighted by Gasteiger charge is 2.36. The van der Waals surface area contributed by atoms with E-state index in [2.05, 4.69) is 0 Å². The summed E-state index contributed by atoms with van der Waals surface area (Å²) >= 11 is 6.19. The zero-order valence-corrected chi connectivity index (χ0v) is 23.1. The number of anilines is 2. The number of amides is 1. The predicted octanol–water partition coefficient (Wildman–Crippen LogP) is 4.39. The first-order valence-electron chi connectivity index (χ1n) is 11.4. The molecule has 0 aliphatic carbocycles. The molecule has 1 aliphatic rings. The van der Waals surface area contributed by atoms with E-state index >= 15 is 0 Å². The molecule has 208 valence electrons. The molecule has 0 unspecified atom stereocenters. The average molecular weight is 602 g/mol. The Bertz CT molecular complexity index is 1630. The molecule has 1 amide bonds. The third-order valence-electron chi connectivity index (χ3n) is 6.18. The smallest absolute Gasteiger partial charge is 0.310 e. The highest BCUT2D eigenvalue weighted by Crippen LogP contribution is 2.38. The fraction of sp³-hybridized carbons (Fsp3) is 0.240. The zero-order valence-electron chi connectivity index (χ0n) is 20.7. The lowest BCUT2D eigenvalue weighted by Gasteiger charge is -2.28. The number of nitrogens with zero attached hydrogens (tertiary/aromatic N) is 3. The van der Waals surface area contributed by atoms with Crippen LogP contribution in [-0.2, 0) is 37.4 Å². The Morgan fingerprint density at radius 2 is 1.59 bits per heavy atom. The molecule has 0 aromatic heterocycles. The van der Waals surface area contributed by atoms with Gasteiger partial charge in [0.2, 0.25) is 15.9 Å². The lowest BCUT2D eigenvalue weighted by Crippen LogP contribution is -2.43. The van der Waals surface area contributed by atoms with Crippen LogP contribution in [0, 0.1) is 0 Å². The van der Waals surface area contributed by atoms with E-state index in [1.165, 1.54) is 61.5 Å². The first-order valence-corrected chi connectivity index (χ1v) is 14.7. The Hall–Kier alpha value is -3.13. The summed E-state index contributed by atoms with van der Waals surface area (Å²) < 4.78 is 94.3. The van der Waals surface area contributed by atoms with Crippen molar-refractivity contribution in [3.63, 3.8) is 0 Å². The molecular formula is C25H23ClF3N3O5S2. The quantitative estimate of drug-likeness (QED) is 0.400. The third kappa shape index (κ3) is 5.62. The highest BCUT2D eigenvalue weighted by atomic mass is 35.5. The van der Waals surface area contributed by atoms with Gasteiger partial charge in [-0.3, -0.25) is 9.10 Å². The molecule has 0 radical (unpaired) electrons. The number of carbonyl (C=O) groups is 1. The summed E-state index contributed by atoms with van der Waals surface area (Å²) in [5.41, 5.74) is -0.704. The minimum Gasteiger partial charge on any atom is -0.310 e. The van der Waals surface area contributed by atoms with Crippen LogP contribution in [0.1, 0.15) is 11.1 Å². The van der Waals surface area contributed by atoms with Crippen molar-refractivity contribution in [3.8, 4) is 0 Å². The van der Waals surface area contributed by atoms with Gasteiger partial charge in [0.25, 0.3) is 10.0 Å². The molecule has 0 N–H and O–H groups in total. The number of sulfonamides is 2. The molecule has 8 nitrogen and oxygen atoms in total. The van der Waals surface area contributed by atoms with Gasteiger partial charge >= 0.3 is 6.18 Å². The summed E-state index contributed by atoms with van der Waals surface area (Å²) in [5, 5.41) is -0.296. The van der Waals surface area contributed by atoms with Crippen molar-refractivity contribution in [2.24, 2.45) is 0 Å². The van der Waals surface area contributed by atoms with Crippen molar-refractivity contribution < 1.29 is 34.8 Å². The Morgan fingerprint density at radius 1 is 0.923 bits per heavy atom. The van der Waals surface area contributed by atoms with E-state index in [1.54, 1.807) is 6.07 Å². The van der Waals surface area contributed by atoms with E-state index in [0.717, 1.165) is 16.4 Å². The van der Waals surface area contributed by atoms with Gasteiger partial charge in [0.1, 0.15) is 6.54 Å². The van der Waals surface area contributed by atoms with Gasteiger partial charge < -0.3 is 4.90 Å². The van der Waals surface area contributed by atoms with Crippen molar-refractivity contribution in [2.45, 2.75) is 22.4 Å². The van der Waals surface area contributed by atoms with Crippen LogP contribution in [-0.4, -0.2) is 54.2 Å². The van der Waals surface area contributed by atoms with E-state index in [0.29, 0.717) is 28.0 Å². The highest BCUT2D eigenvalue weighted by molar-refractivity contribution is 7.93. The zero-order chi connectivity index (χ0) is 28.8. The summed E-state index contributed by atoms with van der Waals surface area (Å²) in [4.78, 5) is 14.5.